The molecule has 2 saturated heterocycles. The summed E-state index contributed by atoms with van der Waals surface area (Å²) in [6.07, 6.45) is 5.99. The molecule has 0 spiro atoms. The van der Waals surface area contributed by atoms with Gasteiger partial charge in [0.25, 0.3) is 5.91 Å². The summed E-state index contributed by atoms with van der Waals surface area (Å²) in [6.45, 7) is 19.7. The summed E-state index contributed by atoms with van der Waals surface area (Å²) >= 11 is 1.22. The third kappa shape index (κ3) is 9.80. The van der Waals surface area contributed by atoms with Crippen LogP contribution in [0.15, 0.2) is 49.2 Å². The Morgan fingerprint density at radius 3 is 2.64 bits per heavy atom. The predicted molar refractivity (Wildman–Crippen MR) is 250 cm³/mol. The summed E-state index contributed by atoms with van der Waals surface area (Å²) in [4.78, 5) is 70.6. The van der Waals surface area contributed by atoms with Crippen LogP contribution >= 0.6 is 11.5 Å². The van der Waals surface area contributed by atoms with Gasteiger partial charge in [0, 0.05) is 94.1 Å². The van der Waals surface area contributed by atoms with E-state index < -0.39 is 23.9 Å². The van der Waals surface area contributed by atoms with Crippen LogP contribution in [0.25, 0.3) is 33.5 Å². The molecular formula is C48H66N10O5S. The summed E-state index contributed by atoms with van der Waals surface area (Å²) in [5, 5.41) is 6.49. The number of ether oxygens (including phenoxy) is 1. The van der Waals surface area contributed by atoms with E-state index in [-0.39, 0.29) is 54.2 Å². The van der Waals surface area contributed by atoms with Crippen LogP contribution in [0.4, 0.5) is 0 Å². The average Bonchev–Trinajstić information content (AvgIpc) is 4.02. The molecule has 4 aromatic rings. The molecule has 3 aromatic heterocycles. The van der Waals surface area contributed by atoms with Crippen molar-refractivity contribution in [2.45, 2.75) is 104 Å². The molecule has 1 aromatic carbocycles. The van der Waals surface area contributed by atoms with Crippen LogP contribution in [-0.2, 0) is 43.3 Å². The van der Waals surface area contributed by atoms with E-state index >= 15 is 0 Å². The topological polar surface area (TPSA) is 158 Å². The Bertz CT molecular complexity index is 2370. The molecule has 2 fully saturated rings. The fourth-order valence-electron chi connectivity index (χ4n) is 10.2. The van der Waals surface area contributed by atoms with Gasteiger partial charge in [-0.2, -0.15) is 4.37 Å². The first-order valence-corrected chi connectivity index (χ1v) is 23.5. The number of methoxy groups -OCH3 is 1. The van der Waals surface area contributed by atoms with Gasteiger partial charge in [-0.05, 0) is 111 Å². The van der Waals surface area contributed by atoms with Gasteiger partial charge in [-0.15, -0.1) is 0 Å². The molecule has 7 rings (SSSR count). The fraction of sp³-hybridized carbons (Fsp3) is 0.562. The molecule has 5 atom stereocenters. The number of nitrogens with zero attached hydrogens (tertiary/aromatic N) is 8. The van der Waals surface area contributed by atoms with Crippen molar-refractivity contribution in [1.82, 2.24) is 49.4 Å². The third-order valence-corrected chi connectivity index (χ3v) is 13.9. The zero-order chi connectivity index (χ0) is 46.0. The van der Waals surface area contributed by atoms with Gasteiger partial charge in [0.15, 0.2) is 5.82 Å². The number of nitrogens with one attached hydrogen (secondary N) is 2. The van der Waals surface area contributed by atoms with Crippen molar-refractivity contribution in [3.63, 3.8) is 0 Å². The van der Waals surface area contributed by atoms with Gasteiger partial charge in [0.1, 0.15) is 17.1 Å². The minimum atomic E-state index is -0.981. The summed E-state index contributed by atoms with van der Waals surface area (Å²) in [5.74, 6) is -1.26. The SMILES string of the molecule is C=CC(=O)N1CC[C@H](C(=O)N(C)[C@H](C(=O)N[C@H]2Cc3nc(ns3)-c3ccc4c(c3)c(c(-c3cccnc3[C@H](C)OC)n4CC)CC(C)(C)CN(C)C[C@@H]3CCCN(N3)C2=O)C(C)C)C1. The van der Waals surface area contributed by atoms with E-state index in [2.05, 4.69) is 78.9 Å². The quantitative estimate of drug-likeness (QED) is 0.195. The van der Waals surface area contributed by atoms with Crippen LogP contribution in [0, 0.1) is 17.3 Å². The minimum Gasteiger partial charge on any atom is -0.375 e. The highest BCUT2D eigenvalue weighted by atomic mass is 32.1. The molecule has 0 radical (unpaired) electrons. The number of carbonyl (C=O) groups is 4. The lowest BCUT2D eigenvalue weighted by atomic mass is 9.83. The van der Waals surface area contributed by atoms with Crippen molar-refractivity contribution in [1.29, 1.82) is 0 Å². The van der Waals surface area contributed by atoms with Crippen molar-refractivity contribution in [2.75, 3.05) is 53.9 Å². The molecule has 6 bridgehead atoms. The van der Waals surface area contributed by atoms with E-state index in [0.29, 0.717) is 30.3 Å². The highest BCUT2D eigenvalue weighted by Crippen LogP contribution is 2.42. The number of hydrazine groups is 1. The Morgan fingerprint density at radius 1 is 1.14 bits per heavy atom. The molecule has 0 unspecified atom stereocenters. The standard InChI is InChI=1S/C48H66N10O5S/c1-11-40(59)56-22-19-32(26-56)46(61)55(9)42(29(3)4)45(60)50-37-24-39-51-44(53-64-39)31-17-18-38-35(23-31)36(43(57(38)12-2)34-16-13-20-49-41(34)30(5)63-10)25-48(6,7)28-54(8)27-33-15-14-21-58(52-33)47(37)62/h11,13,16-18,20,23,29-30,32-33,37,42,52H,1,12,14-15,19,21-22,24-28H2,2-10H3,(H,50,60)/t30-,32-,33-,37-,42-/m0/s1. The maximum atomic E-state index is 14.7. The number of aromatic nitrogens is 4. The van der Waals surface area contributed by atoms with Crippen LogP contribution in [0.2, 0.25) is 0 Å². The van der Waals surface area contributed by atoms with Crippen molar-refractivity contribution in [2.24, 2.45) is 17.3 Å². The van der Waals surface area contributed by atoms with Crippen molar-refractivity contribution in [3.8, 4) is 22.6 Å². The van der Waals surface area contributed by atoms with Crippen LogP contribution in [0.5, 0.6) is 0 Å². The number of aryl methyl sites for hydroxylation is 1. The zero-order valence-corrected chi connectivity index (χ0v) is 39.8. The molecule has 2 N–H and O–H groups in total. The maximum absolute atomic E-state index is 14.7. The molecule has 0 aliphatic carbocycles. The molecule has 0 saturated carbocycles. The second kappa shape index (κ2) is 19.6. The summed E-state index contributed by atoms with van der Waals surface area (Å²) in [7, 11) is 5.50. The van der Waals surface area contributed by atoms with Crippen LogP contribution in [0.3, 0.4) is 0 Å². The fourth-order valence-corrected chi connectivity index (χ4v) is 10.9. The Balaban J connectivity index is 1.27. The Hall–Kier alpha value is -5.03. The number of benzene rings is 1. The number of likely N-dealkylation sites (tertiary alicyclic amines) is 1. The second-order valence-corrected chi connectivity index (χ2v) is 19.8. The predicted octanol–water partition coefficient (Wildman–Crippen LogP) is 5.50. The monoisotopic (exact) mass is 894 g/mol. The molecule has 3 aliphatic rings. The van der Waals surface area contributed by atoms with E-state index in [4.69, 9.17) is 19.1 Å². The number of hydrogen-bond donors (Lipinski definition) is 2. The normalized spacial score (nSPS) is 21.7. The number of pyridine rings is 1. The van der Waals surface area contributed by atoms with Crippen LogP contribution in [0.1, 0.15) is 83.2 Å². The van der Waals surface area contributed by atoms with E-state index in [1.54, 1.807) is 24.1 Å². The van der Waals surface area contributed by atoms with E-state index in [1.807, 2.05) is 33.0 Å². The largest absolute Gasteiger partial charge is 0.375 e. The van der Waals surface area contributed by atoms with Gasteiger partial charge in [-0.3, -0.25) is 29.2 Å². The second-order valence-electron chi connectivity index (χ2n) is 19.0. The number of amides is 4. The molecule has 344 valence electrons. The van der Waals surface area contributed by atoms with E-state index in [9.17, 15) is 19.2 Å². The molecule has 16 heteroatoms. The Labute approximate surface area is 381 Å². The van der Waals surface area contributed by atoms with Crippen LogP contribution in [-0.4, -0.2) is 134 Å². The smallest absolute Gasteiger partial charge is 0.259 e. The van der Waals surface area contributed by atoms with Crippen molar-refractivity contribution >= 4 is 46.1 Å². The number of hydrogen-bond acceptors (Lipinski definition) is 11. The summed E-state index contributed by atoms with van der Waals surface area (Å²) in [6, 6.07) is 8.74. The first kappa shape index (κ1) is 46.9. The molecular weight excluding hydrogens is 829 g/mol. The van der Waals surface area contributed by atoms with Crippen molar-refractivity contribution < 1.29 is 23.9 Å². The molecule has 6 heterocycles. The van der Waals surface area contributed by atoms with E-state index in [0.717, 1.165) is 72.3 Å². The Morgan fingerprint density at radius 2 is 1.92 bits per heavy atom. The average molecular weight is 895 g/mol. The number of likely N-dealkylation sites (N-methyl/N-ethyl adjacent to an activating group) is 2. The lowest BCUT2D eigenvalue weighted by Crippen LogP contribution is -2.62. The highest BCUT2D eigenvalue weighted by Gasteiger charge is 2.40. The number of carbonyl (C=O) groups excluding carboxylic acids is 4. The third-order valence-electron chi connectivity index (χ3n) is 13.1. The maximum Gasteiger partial charge on any atom is 0.259 e. The lowest BCUT2D eigenvalue weighted by molar-refractivity contribution is -0.146. The first-order valence-electron chi connectivity index (χ1n) is 22.7. The van der Waals surface area contributed by atoms with Gasteiger partial charge in [-0.25, -0.2) is 10.4 Å². The summed E-state index contributed by atoms with van der Waals surface area (Å²) in [5.41, 5.74) is 9.66. The van der Waals surface area contributed by atoms with E-state index in [1.165, 1.54) is 28.1 Å². The minimum absolute atomic E-state index is 0.00147. The molecule has 15 nitrogen and oxygen atoms in total. The number of rotatable bonds is 10. The molecule has 64 heavy (non-hydrogen) atoms. The van der Waals surface area contributed by atoms with Crippen molar-refractivity contribution in [3.05, 3.63) is 65.4 Å². The van der Waals surface area contributed by atoms with Crippen LogP contribution < -0.4 is 10.7 Å². The van der Waals surface area contributed by atoms with Gasteiger partial charge in [-0.1, -0.05) is 34.3 Å². The number of fused-ring (bicyclic) bond motifs is 6. The molecule has 3 aliphatic heterocycles. The van der Waals surface area contributed by atoms with Gasteiger partial charge in [0.2, 0.25) is 17.7 Å². The van der Waals surface area contributed by atoms with Gasteiger partial charge < -0.3 is 29.3 Å². The van der Waals surface area contributed by atoms with Gasteiger partial charge >= 0.3 is 0 Å². The Kier molecular flexibility index (Phi) is 14.4. The molecule has 4 amide bonds. The first-order chi connectivity index (χ1) is 30.5. The van der Waals surface area contributed by atoms with Gasteiger partial charge in [0.05, 0.1) is 23.4 Å². The highest BCUT2D eigenvalue weighted by molar-refractivity contribution is 7.05. The summed E-state index contributed by atoms with van der Waals surface area (Å²) < 4.78 is 13.1. The zero-order valence-electron chi connectivity index (χ0n) is 39.0. The lowest BCUT2D eigenvalue weighted by Gasteiger charge is -2.39.